The van der Waals surface area contributed by atoms with Crippen molar-refractivity contribution in [2.24, 2.45) is 0 Å². The van der Waals surface area contributed by atoms with Crippen LogP contribution in [0.4, 0.5) is 5.82 Å². The minimum atomic E-state index is 0.658. The Balaban J connectivity index is 1.63. The van der Waals surface area contributed by atoms with E-state index < -0.39 is 0 Å². The first kappa shape index (κ1) is 18.2. The van der Waals surface area contributed by atoms with Gasteiger partial charge in [0, 0.05) is 33.6 Å². The molecule has 4 nitrogen and oxygen atoms in total. The predicted molar refractivity (Wildman–Crippen MR) is 108 cm³/mol. The Hall–Kier alpha value is -1.63. The van der Waals surface area contributed by atoms with E-state index in [0.29, 0.717) is 6.61 Å². The molecule has 0 saturated carbocycles. The van der Waals surface area contributed by atoms with E-state index >= 15 is 0 Å². The first-order valence-corrected chi connectivity index (χ1v) is 9.92. The molecule has 7 heteroatoms. The first-order chi connectivity index (χ1) is 12.2. The molecule has 0 fully saturated rings. The SMILES string of the molecule is CCOc1csc(-c2cc(NCCc3ccc(Br)cc3Cl)ncn2)c1. The van der Waals surface area contributed by atoms with Crippen molar-refractivity contribution < 1.29 is 4.74 Å². The number of anilines is 1. The molecule has 0 unspecified atom stereocenters. The van der Waals surface area contributed by atoms with Gasteiger partial charge in [-0.2, -0.15) is 0 Å². The lowest BCUT2D eigenvalue weighted by Crippen LogP contribution is -2.07. The van der Waals surface area contributed by atoms with Crippen molar-refractivity contribution in [1.29, 1.82) is 0 Å². The van der Waals surface area contributed by atoms with Gasteiger partial charge in [0.05, 0.1) is 17.2 Å². The quantitative estimate of drug-likeness (QED) is 0.516. The van der Waals surface area contributed by atoms with Crippen molar-refractivity contribution in [3.63, 3.8) is 0 Å². The Morgan fingerprint density at radius 2 is 2.12 bits per heavy atom. The lowest BCUT2D eigenvalue weighted by atomic mass is 10.1. The maximum absolute atomic E-state index is 6.25. The molecule has 0 aliphatic heterocycles. The van der Waals surface area contributed by atoms with Crippen LogP contribution >= 0.6 is 38.9 Å². The van der Waals surface area contributed by atoms with E-state index in [0.717, 1.165) is 50.2 Å². The van der Waals surface area contributed by atoms with Gasteiger partial charge in [0.2, 0.25) is 0 Å². The van der Waals surface area contributed by atoms with Gasteiger partial charge in [0.25, 0.3) is 0 Å². The summed E-state index contributed by atoms with van der Waals surface area (Å²) in [4.78, 5) is 9.70. The van der Waals surface area contributed by atoms with E-state index in [1.54, 1.807) is 17.7 Å². The molecule has 2 aromatic heterocycles. The highest BCUT2D eigenvalue weighted by Crippen LogP contribution is 2.30. The highest BCUT2D eigenvalue weighted by Gasteiger charge is 2.07. The Morgan fingerprint density at radius 1 is 1.24 bits per heavy atom. The number of hydrogen-bond acceptors (Lipinski definition) is 5. The highest BCUT2D eigenvalue weighted by atomic mass is 79.9. The van der Waals surface area contributed by atoms with Gasteiger partial charge in [0.1, 0.15) is 17.9 Å². The number of rotatable bonds is 7. The molecule has 0 bridgehead atoms. The monoisotopic (exact) mass is 437 g/mol. The minimum absolute atomic E-state index is 0.658. The topological polar surface area (TPSA) is 47.0 Å². The third-order valence-electron chi connectivity index (χ3n) is 3.52. The number of halogens is 2. The van der Waals surface area contributed by atoms with Gasteiger partial charge < -0.3 is 10.1 Å². The zero-order valence-electron chi connectivity index (χ0n) is 13.6. The van der Waals surface area contributed by atoms with Crippen LogP contribution in [0.25, 0.3) is 10.6 Å². The fraction of sp³-hybridized carbons (Fsp3) is 0.222. The van der Waals surface area contributed by atoms with Crippen LogP contribution in [-0.2, 0) is 6.42 Å². The third-order valence-corrected chi connectivity index (χ3v) is 5.30. The summed E-state index contributed by atoms with van der Waals surface area (Å²) in [5.74, 6) is 1.67. The predicted octanol–water partition coefficient (Wildman–Crippen LogP) is 5.67. The van der Waals surface area contributed by atoms with Gasteiger partial charge in [0.15, 0.2) is 0 Å². The molecule has 130 valence electrons. The van der Waals surface area contributed by atoms with Crippen LogP contribution in [-0.4, -0.2) is 23.1 Å². The molecular formula is C18H17BrClN3OS. The lowest BCUT2D eigenvalue weighted by molar-refractivity contribution is 0.342. The fourth-order valence-corrected chi connectivity index (χ4v) is 3.90. The maximum atomic E-state index is 6.25. The molecule has 2 heterocycles. The van der Waals surface area contributed by atoms with Gasteiger partial charge in [-0.05, 0) is 31.0 Å². The van der Waals surface area contributed by atoms with Crippen molar-refractivity contribution in [2.75, 3.05) is 18.5 Å². The van der Waals surface area contributed by atoms with Crippen LogP contribution in [0.5, 0.6) is 5.75 Å². The average Bonchev–Trinajstić information content (AvgIpc) is 3.06. The van der Waals surface area contributed by atoms with Gasteiger partial charge in [-0.25, -0.2) is 9.97 Å². The summed E-state index contributed by atoms with van der Waals surface area (Å²) in [5.41, 5.74) is 1.99. The van der Waals surface area contributed by atoms with Crippen LogP contribution in [0.15, 0.2) is 46.5 Å². The molecule has 0 amide bonds. The standard InChI is InChI=1S/C18H17BrClN3OS/c1-2-24-14-8-17(25-10-14)16-9-18(23-11-22-16)21-6-5-12-3-4-13(19)7-15(12)20/h3-4,7-11H,2,5-6H2,1H3,(H,21,22,23). The Labute approximate surface area is 164 Å². The summed E-state index contributed by atoms with van der Waals surface area (Å²) in [6.45, 7) is 3.37. The van der Waals surface area contributed by atoms with E-state index in [1.165, 1.54) is 0 Å². The summed E-state index contributed by atoms with van der Waals surface area (Å²) < 4.78 is 6.49. The number of benzene rings is 1. The summed E-state index contributed by atoms with van der Waals surface area (Å²) in [7, 11) is 0. The highest BCUT2D eigenvalue weighted by molar-refractivity contribution is 9.10. The smallest absolute Gasteiger partial charge is 0.130 e. The van der Waals surface area contributed by atoms with Crippen molar-refractivity contribution in [3.8, 4) is 16.3 Å². The molecule has 3 rings (SSSR count). The van der Waals surface area contributed by atoms with Crippen LogP contribution in [0.1, 0.15) is 12.5 Å². The van der Waals surface area contributed by atoms with Crippen molar-refractivity contribution in [3.05, 3.63) is 57.1 Å². The van der Waals surface area contributed by atoms with E-state index in [-0.39, 0.29) is 0 Å². The van der Waals surface area contributed by atoms with Crippen LogP contribution in [0.3, 0.4) is 0 Å². The lowest BCUT2D eigenvalue weighted by Gasteiger charge is -2.08. The van der Waals surface area contributed by atoms with Gasteiger partial charge >= 0.3 is 0 Å². The summed E-state index contributed by atoms with van der Waals surface area (Å²) in [6, 6.07) is 9.89. The minimum Gasteiger partial charge on any atom is -0.493 e. The van der Waals surface area contributed by atoms with Crippen molar-refractivity contribution in [1.82, 2.24) is 9.97 Å². The molecule has 0 radical (unpaired) electrons. The molecule has 25 heavy (non-hydrogen) atoms. The number of hydrogen-bond donors (Lipinski definition) is 1. The van der Waals surface area contributed by atoms with Gasteiger partial charge in [-0.3, -0.25) is 0 Å². The second kappa shape index (κ2) is 8.65. The Morgan fingerprint density at radius 3 is 2.92 bits per heavy atom. The number of nitrogens with one attached hydrogen (secondary N) is 1. The maximum Gasteiger partial charge on any atom is 0.130 e. The molecule has 0 atom stereocenters. The second-order valence-electron chi connectivity index (χ2n) is 5.28. The molecule has 1 aromatic carbocycles. The average molecular weight is 439 g/mol. The largest absolute Gasteiger partial charge is 0.493 e. The van der Waals surface area contributed by atoms with Crippen LogP contribution in [0, 0.1) is 0 Å². The van der Waals surface area contributed by atoms with Crippen molar-refractivity contribution in [2.45, 2.75) is 13.3 Å². The zero-order chi connectivity index (χ0) is 17.6. The van der Waals surface area contributed by atoms with E-state index in [9.17, 15) is 0 Å². The summed E-state index contributed by atoms with van der Waals surface area (Å²) in [5, 5.41) is 6.08. The van der Waals surface area contributed by atoms with E-state index in [4.69, 9.17) is 16.3 Å². The number of nitrogens with zero attached hydrogens (tertiary/aromatic N) is 2. The van der Waals surface area contributed by atoms with E-state index in [1.807, 2.05) is 42.6 Å². The van der Waals surface area contributed by atoms with Crippen molar-refractivity contribution >= 4 is 44.7 Å². The number of aromatic nitrogens is 2. The molecule has 0 saturated heterocycles. The summed E-state index contributed by atoms with van der Waals surface area (Å²) >= 11 is 11.3. The third kappa shape index (κ3) is 4.93. The zero-order valence-corrected chi connectivity index (χ0v) is 16.8. The molecule has 3 aromatic rings. The van der Waals surface area contributed by atoms with Gasteiger partial charge in [-0.1, -0.05) is 33.6 Å². The summed E-state index contributed by atoms with van der Waals surface area (Å²) in [6.07, 6.45) is 2.39. The van der Waals surface area contributed by atoms with Crippen LogP contribution in [0.2, 0.25) is 5.02 Å². The second-order valence-corrected chi connectivity index (χ2v) is 7.51. The fourth-order valence-electron chi connectivity index (χ4n) is 2.33. The molecule has 1 N–H and O–H groups in total. The molecule has 0 aliphatic carbocycles. The number of ether oxygens (including phenoxy) is 1. The molecule has 0 aliphatic rings. The number of thiophene rings is 1. The van der Waals surface area contributed by atoms with Gasteiger partial charge in [-0.15, -0.1) is 11.3 Å². The van der Waals surface area contributed by atoms with Crippen LogP contribution < -0.4 is 10.1 Å². The Bertz CT molecular complexity index is 856. The normalized spacial score (nSPS) is 10.7. The Kier molecular flexibility index (Phi) is 6.29. The molecular weight excluding hydrogens is 422 g/mol. The molecule has 0 spiro atoms. The van der Waals surface area contributed by atoms with E-state index in [2.05, 4.69) is 31.2 Å². The first-order valence-electron chi connectivity index (χ1n) is 7.87.